The molecule has 0 bridgehead atoms. The van der Waals surface area contributed by atoms with Gasteiger partial charge in [-0.15, -0.1) is 0 Å². The Morgan fingerprint density at radius 2 is 2.05 bits per heavy atom. The van der Waals surface area contributed by atoms with Crippen LogP contribution in [0.1, 0.15) is 27.1 Å². The van der Waals surface area contributed by atoms with Crippen molar-refractivity contribution in [1.29, 1.82) is 0 Å². The van der Waals surface area contributed by atoms with Crippen molar-refractivity contribution in [3.05, 3.63) is 62.1 Å². The maximum atomic E-state index is 6.10. The molecule has 0 saturated heterocycles. The van der Waals surface area contributed by atoms with E-state index in [1.807, 2.05) is 13.0 Å². The molecule has 1 heterocycles. The van der Waals surface area contributed by atoms with Crippen molar-refractivity contribution in [3.8, 4) is 5.75 Å². The van der Waals surface area contributed by atoms with Crippen LogP contribution in [0.4, 0.5) is 0 Å². The monoisotopic (exact) mass is 414 g/mol. The zero-order valence-corrected chi connectivity index (χ0v) is 14.8. The molecule has 0 saturated carbocycles. The van der Waals surface area contributed by atoms with Crippen molar-refractivity contribution in [2.45, 2.75) is 18.2 Å². The summed E-state index contributed by atoms with van der Waals surface area (Å²) in [5.41, 5.74) is 4.70. The van der Waals surface area contributed by atoms with Crippen LogP contribution in [0.5, 0.6) is 5.75 Å². The van der Waals surface area contributed by atoms with E-state index in [1.165, 1.54) is 11.1 Å². The van der Waals surface area contributed by atoms with E-state index in [0.717, 1.165) is 39.4 Å². The van der Waals surface area contributed by atoms with Gasteiger partial charge in [0, 0.05) is 21.5 Å². The lowest BCUT2D eigenvalue weighted by atomic mass is 10.00. The number of alkyl halides is 1. The van der Waals surface area contributed by atoms with Gasteiger partial charge < -0.3 is 4.74 Å². The van der Waals surface area contributed by atoms with Crippen molar-refractivity contribution in [3.63, 3.8) is 0 Å². The number of rotatable bonds is 2. The van der Waals surface area contributed by atoms with E-state index < -0.39 is 0 Å². The first-order valence-corrected chi connectivity index (χ1v) is 8.50. The van der Waals surface area contributed by atoms with E-state index in [-0.39, 0.29) is 4.83 Å². The summed E-state index contributed by atoms with van der Waals surface area (Å²) >= 11 is 13.5. The van der Waals surface area contributed by atoms with Gasteiger partial charge >= 0.3 is 0 Å². The highest BCUT2D eigenvalue weighted by Crippen LogP contribution is 2.42. The van der Waals surface area contributed by atoms with E-state index in [1.54, 1.807) is 0 Å². The average Bonchev–Trinajstić information content (AvgIpc) is 2.88. The quantitative estimate of drug-likeness (QED) is 0.560. The summed E-state index contributed by atoms with van der Waals surface area (Å²) in [4.78, 5) is 0.0998. The Labute approximate surface area is 140 Å². The molecule has 3 rings (SSSR count). The Bertz CT molecular complexity index is 670. The van der Waals surface area contributed by atoms with Gasteiger partial charge in [0.25, 0.3) is 0 Å². The lowest BCUT2D eigenvalue weighted by Crippen LogP contribution is -1.98. The molecular weight excluding hydrogens is 403 g/mol. The Hall–Kier alpha value is -0.510. The third-order valence-electron chi connectivity index (χ3n) is 3.52. The maximum absolute atomic E-state index is 6.10. The zero-order valence-electron chi connectivity index (χ0n) is 10.9. The number of hydrogen-bond acceptors (Lipinski definition) is 1. The van der Waals surface area contributed by atoms with Gasteiger partial charge in [0.2, 0.25) is 0 Å². The highest BCUT2D eigenvalue weighted by molar-refractivity contribution is 9.10. The number of halogens is 3. The molecule has 0 fully saturated rings. The van der Waals surface area contributed by atoms with Crippen LogP contribution in [-0.2, 0) is 6.42 Å². The van der Waals surface area contributed by atoms with Gasteiger partial charge in [0.1, 0.15) is 5.75 Å². The Morgan fingerprint density at radius 1 is 1.25 bits per heavy atom. The summed E-state index contributed by atoms with van der Waals surface area (Å²) in [7, 11) is 0. The summed E-state index contributed by atoms with van der Waals surface area (Å²) < 4.78 is 6.89. The van der Waals surface area contributed by atoms with Gasteiger partial charge in [-0.2, -0.15) is 0 Å². The van der Waals surface area contributed by atoms with E-state index in [4.69, 9.17) is 16.3 Å². The SMILES string of the molecule is Cc1cc(C(Br)c2cc(Br)cc3c2OCC3)ccc1Cl. The van der Waals surface area contributed by atoms with Gasteiger partial charge in [-0.1, -0.05) is 55.6 Å². The predicted molar refractivity (Wildman–Crippen MR) is 90.3 cm³/mol. The van der Waals surface area contributed by atoms with Crippen molar-refractivity contribution >= 4 is 43.5 Å². The third-order valence-corrected chi connectivity index (χ3v) is 5.43. The Kier molecular flexibility index (Phi) is 4.11. The predicted octanol–water partition coefficient (Wildman–Crippen LogP) is 5.83. The molecule has 1 atom stereocenters. The number of fused-ring (bicyclic) bond motifs is 1. The highest BCUT2D eigenvalue weighted by Gasteiger charge is 2.23. The van der Waals surface area contributed by atoms with Gasteiger partial charge in [0.05, 0.1) is 11.4 Å². The molecule has 1 aliphatic rings. The fourth-order valence-electron chi connectivity index (χ4n) is 2.49. The molecule has 4 heteroatoms. The molecular formula is C16H13Br2ClO. The van der Waals surface area contributed by atoms with E-state index in [9.17, 15) is 0 Å². The van der Waals surface area contributed by atoms with E-state index in [0.29, 0.717) is 0 Å². The highest BCUT2D eigenvalue weighted by atomic mass is 79.9. The Balaban J connectivity index is 2.06. The summed E-state index contributed by atoms with van der Waals surface area (Å²) in [6.45, 7) is 2.78. The standard InChI is InChI=1S/C16H13Br2ClO/c1-9-6-10(2-3-14(9)19)15(18)13-8-12(17)7-11-4-5-20-16(11)13/h2-3,6-8,15H,4-5H2,1H3. The second kappa shape index (κ2) is 5.70. The third kappa shape index (κ3) is 2.63. The van der Waals surface area contributed by atoms with Gasteiger partial charge in [0.15, 0.2) is 0 Å². The fraction of sp³-hybridized carbons (Fsp3) is 0.250. The first-order valence-electron chi connectivity index (χ1n) is 6.41. The minimum atomic E-state index is 0.0998. The number of hydrogen-bond donors (Lipinski definition) is 0. The second-order valence-electron chi connectivity index (χ2n) is 4.95. The molecule has 0 N–H and O–H groups in total. The average molecular weight is 417 g/mol. The molecule has 0 aromatic heterocycles. The van der Waals surface area contributed by atoms with Gasteiger partial charge in [-0.3, -0.25) is 0 Å². The summed E-state index contributed by atoms with van der Waals surface area (Å²) in [6, 6.07) is 10.4. The van der Waals surface area contributed by atoms with Crippen molar-refractivity contribution in [2.24, 2.45) is 0 Å². The van der Waals surface area contributed by atoms with Crippen molar-refractivity contribution in [1.82, 2.24) is 0 Å². The summed E-state index contributed by atoms with van der Waals surface area (Å²) in [5.74, 6) is 1.02. The molecule has 1 nitrogen and oxygen atoms in total. The lowest BCUT2D eigenvalue weighted by molar-refractivity contribution is 0.354. The topological polar surface area (TPSA) is 9.23 Å². The lowest BCUT2D eigenvalue weighted by Gasteiger charge is -2.16. The molecule has 2 aromatic carbocycles. The van der Waals surface area contributed by atoms with Crippen molar-refractivity contribution in [2.75, 3.05) is 6.61 Å². The second-order valence-corrected chi connectivity index (χ2v) is 7.19. The minimum Gasteiger partial charge on any atom is -0.493 e. The molecule has 0 spiro atoms. The number of ether oxygens (including phenoxy) is 1. The molecule has 1 unspecified atom stereocenters. The van der Waals surface area contributed by atoms with Crippen molar-refractivity contribution < 1.29 is 4.74 Å². The van der Waals surface area contributed by atoms with Crippen LogP contribution < -0.4 is 4.74 Å². The van der Waals surface area contributed by atoms with Gasteiger partial charge in [-0.25, -0.2) is 0 Å². The van der Waals surface area contributed by atoms with Gasteiger partial charge in [-0.05, 0) is 41.8 Å². The summed E-state index contributed by atoms with van der Waals surface area (Å²) in [6.07, 6.45) is 0.973. The normalized spacial score (nSPS) is 14.8. The fourth-order valence-corrected chi connectivity index (χ4v) is 3.76. The number of aryl methyl sites for hydroxylation is 1. The maximum Gasteiger partial charge on any atom is 0.127 e. The first kappa shape index (κ1) is 14.4. The Morgan fingerprint density at radius 3 is 2.80 bits per heavy atom. The van der Waals surface area contributed by atoms with Crippen LogP contribution in [0.25, 0.3) is 0 Å². The molecule has 104 valence electrons. The zero-order chi connectivity index (χ0) is 14.3. The van der Waals surface area contributed by atoms with Crippen LogP contribution in [0.15, 0.2) is 34.8 Å². The van der Waals surface area contributed by atoms with Crippen LogP contribution in [0, 0.1) is 6.92 Å². The molecule has 0 aliphatic carbocycles. The minimum absolute atomic E-state index is 0.0998. The smallest absolute Gasteiger partial charge is 0.127 e. The van der Waals surface area contributed by atoms with Crippen LogP contribution >= 0.6 is 43.5 Å². The first-order chi connectivity index (χ1) is 9.56. The molecule has 0 radical (unpaired) electrons. The molecule has 1 aliphatic heterocycles. The van der Waals surface area contributed by atoms with E-state index >= 15 is 0 Å². The van der Waals surface area contributed by atoms with E-state index in [2.05, 4.69) is 56.1 Å². The molecule has 0 amide bonds. The largest absolute Gasteiger partial charge is 0.493 e. The number of benzene rings is 2. The van der Waals surface area contributed by atoms with Crippen LogP contribution in [0.2, 0.25) is 5.02 Å². The summed E-state index contributed by atoms with van der Waals surface area (Å²) in [5, 5.41) is 0.796. The van der Waals surface area contributed by atoms with Crippen LogP contribution in [0.3, 0.4) is 0 Å². The molecule has 20 heavy (non-hydrogen) atoms. The molecule has 2 aromatic rings. The van der Waals surface area contributed by atoms with Crippen LogP contribution in [-0.4, -0.2) is 6.61 Å².